The van der Waals surface area contributed by atoms with Gasteiger partial charge in [-0.25, -0.2) is 19.2 Å². The van der Waals surface area contributed by atoms with Crippen LogP contribution in [-0.4, -0.2) is 38.7 Å². The van der Waals surface area contributed by atoms with E-state index in [0.717, 1.165) is 0 Å². The van der Waals surface area contributed by atoms with E-state index in [-0.39, 0.29) is 28.1 Å². The Morgan fingerprint density at radius 2 is 2.11 bits per heavy atom. The Kier molecular flexibility index (Phi) is 6.37. The van der Waals surface area contributed by atoms with Crippen molar-refractivity contribution in [3.8, 4) is 0 Å². The van der Waals surface area contributed by atoms with Crippen molar-refractivity contribution in [2.75, 3.05) is 11.9 Å². The van der Waals surface area contributed by atoms with Crippen molar-refractivity contribution in [1.29, 1.82) is 0 Å². The number of aliphatic imine (C=N–C) groups is 1. The largest absolute Gasteiger partial charge is 0.478 e. The molecule has 1 aromatic heterocycles. The standard InChI is InChI=1S/C19H15BrCl2FN3O2/c1-2-26-17(11-6-5-10(21)8-12(11)22)15(19(27)28)14(9-20)25-18(26)16-13(23)4-3-7-24-16/h3-8,17H,2,9H2,1H3,(H,27,28). The second kappa shape index (κ2) is 8.59. The topological polar surface area (TPSA) is 65.8 Å². The summed E-state index contributed by atoms with van der Waals surface area (Å²) in [7, 11) is 0. The lowest BCUT2D eigenvalue weighted by molar-refractivity contribution is -0.133. The number of halogens is 4. The summed E-state index contributed by atoms with van der Waals surface area (Å²) in [6.45, 7) is 2.18. The highest BCUT2D eigenvalue weighted by atomic mass is 79.9. The van der Waals surface area contributed by atoms with Gasteiger partial charge in [-0.15, -0.1) is 0 Å². The van der Waals surface area contributed by atoms with E-state index in [0.29, 0.717) is 22.2 Å². The Labute approximate surface area is 179 Å². The Hall–Kier alpha value is -1.96. The number of pyridine rings is 1. The van der Waals surface area contributed by atoms with Crippen molar-refractivity contribution < 1.29 is 14.3 Å². The molecule has 2 heterocycles. The van der Waals surface area contributed by atoms with Gasteiger partial charge in [0.1, 0.15) is 5.69 Å². The smallest absolute Gasteiger partial charge is 0.335 e. The SMILES string of the molecule is CCN1C(c2ncccc2F)=NC(CBr)=C(C(=O)O)C1c1ccc(Cl)cc1Cl. The summed E-state index contributed by atoms with van der Waals surface area (Å²) in [5.74, 6) is -1.43. The van der Waals surface area contributed by atoms with Crippen LogP contribution in [0.25, 0.3) is 0 Å². The van der Waals surface area contributed by atoms with Crippen LogP contribution >= 0.6 is 39.1 Å². The van der Waals surface area contributed by atoms with Gasteiger partial charge in [0.15, 0.2) is 11.7 Å². The number of aliphatic carboxylic acids is 1. The first-order valence-corrected chi connectivity index (χ1v) is 10.2. The molecule has 1 aliphatic rings. The first-order valence-electron chi connectivity index (χ1n) is 8.32. The number of carboxylic acid groups (broad SMARTS) is 1. The number of carbonyl (C=O) groups is 1. The highest BCUT2D eigenvalue weighted by molar-refractivity contribution is 9.09. The number of aromatic nitrogens is 1. The van der Waals surface area contributed by atoms with E-state index in [9.17, 15) is 14.3 Å². The van der Waals surface area contributed by atoms with E-state index in [1.807, 2.05) is 6.92 Å². The van der Waals surface area contributed by atoms with Crippen molar-refractivity contribution in [3.63, 3.8) is 0 Å². The van der Waals surface area contributed by atoms with Gasteiger partial charge in [-0.1, -0.05) is 45.2 Å². The molecule has 2 aromatic rings. The van der Waals surface area contributed by atoms with Crippen LogP contribution in [0.4, 0.5) is 4.39 Å². The Balaban J connectivity index is 2.30. The fourth-order valence-corrected chi connectivity index (χ4v) is 4.09. The lowest BCUT2D eigenvalue weighted by Crippen LogP contribution is -2.42. The molecule has 9 heteroatoms. The molecule has 0 spiro atoms. The third-order valence-electron chi connectivity index (χ3n) is 4.33. The molecule has 1 N–H and O–H groups in total. The molecular weight excluding hydrogens is 472 g/mol. The van der Waals surface area contributed by atoms with Crippen LogP contribution < -0.4 is 0 Å². The van der Waals surface area contributed by atoms with E-state index in [1.54, 1.807) is 23.1 Å². The number of benzene rings is 1. The highest BCUT2D eigenvalue weighted by Crippen LogP contribution is 2.40. The third kappa shape index (κ3) is 3.79. The number of carboxylic acids is 1. The zero-order valence-electron chi connectivity index (χ0n) is 14.7. The number of alkyl halides is 1. The number of hydrogen-bond donors (Lipinski definition) is 1. The van der Waals surface area contributed by atoms with Gasteiger partial charge in [0.05, 0.1) is 17.3 Å². The van der Waals surface area contributed by atoms with Gasteiger partial charge in [-0.3, -0.25) is 0 Å². The van der Waals surface area contributed by atoms with Gasteiger partial charge in [0, 0.05) is 28.1 Å². The van der Waals surface area contributed by atoms with Gasteiger partial charge in [-0.2, -0.15) is 0 Å². The van der Waals surface area contributed by atoms with E-state index in [4.69, 9.17) is 23.2 Å². The fourth-order valence-electron chi connectivity index (χ4n) is 3.15. The number of amidine groups is 1. The number of nitrogens with zero attached hydrogens (tertiary/aromatic N) is 3. The Morgan fingerprint density at radius 1 is 1.36 bits per heavy atom. The van der Waals surface area contributed by atoms with Crippen molar-refractivity contribution in [2.24, 2.45) is 4.99 Å². The van der Waals surface area contributed by atoms with E-state index < -0.39 is 17.8 Å². The van der Waals surface area contributed by atoms with Crippen molar-refractivity contribution in [1.82, 2.24) is 9.88 Å². The molecule has 28 heavy (non-hydrogen) atoms. The first-order chi connectivity index (χ1) is 13.4. The predicted molar refractivity (Wildman–Crippen MR) is 111 cm³/mol. The summed E-state index contributed by atoms with van der Waals surface area (Å²) in [5, 5.41) is 10.8. The monoisotopic (exact) mass is 485 g/mol. The van der Waals surface area contributed by atoms with Crippen LogP contribution in [0.15, 0.2) is 52.8 Å². The average molecular weight is 487 g/mol. The molecule has 0 saturated heterocycles. The molecule has 5 nitrogen and oxygen atoms in total. The predicted octanol–water partition coefficient (Wildman–Crippen LogP) is 5.08. The summed E-state index contributed by atoms with van der Waals surface area (Å²) in [5.41, 5.74) is 0.908. The maximum Gasteiger partial charge on any atom is 0.335 e. The van der Waals surface area contributed by atoms with E-state index >= 15 is 0 Å². The van der Waals surface area contributed by atoms with Crippen molar-refractivity contribution in [3.05, 3.63) is 74.9 Å². The number of likely N-dealkylation sites (N-methyl/N-ethyl adjacent to an activating group) is 1. The number of allylic oxidation sites excluding steroid dienone is 1. The molecule has 146 valence electrons. The van der Waals surface area contributed by atoms with Gasteiger partial charge in [0.2, 0.25) is 0 Å². The van der Waals surface area contributed by atoms with Crippen molar-refractivity contribution >= 4 is 50.9 Å². The molecule has 0 radical (unpaired) electrons. The number of hydrogen-bond acceptors (Lipinski definition) is 4. The van der Waals surface area contributed by atoms with E-state index in [1.165, 1.54) is 18.3 Å². The maximum atomic E-state index is 14.5. The summed E-state index contributed by atoms with van der Waals surface area (Å²) >= 11 is 15.7. The summed E-state index contributed by atoms with van der Waals surface area (Å²) < 4.78 is 14.5. The third-order valence-corrected chi connectivity index (χ3v) is 5.43. The van der Waals surface area contributed by atoms with Crippen LogP contribution in [0, 0.1) is 5.82 Å². The van der Waals surface area contributed by atoms with Crippen LogP contribution in [-0.2, 0) is 4.79 Å². The second-order valence-electron chi connectivity index (χ2n) is 5.92. The Bertz CT molecular complexity index is 997. The molecule has 1 atom stereocenters. The molecule has 1 unspecified atom stereocenters. The van der Waals surface area contributed by atoms with Gasteiger partial charge < -0.3 is 10.0 Å². The fraction of sp³-hybridized carbons (Fsp3) is 0.211. The minimum atomic E-state index is -1.13. The highest BCUT2D eigenvalue weighted by Gasteiger charge is 2.38. The second-order valence-corrected chi connectivity index (χ2v) is 7.33. The summed E-state index contributed by atoms with van der Waals surface area (Å²) in [6, 6.07) is 6.84. The maximum absolute atomic E-state index is 14.5. The minimum Gasteiger partial charge on any atom is -0.478 e. The van der Waals surface area contributed by atoms with Gasteiger partial charge in [0.25, 0.3) is 0 Å². The normalized spacial score (nSPS) is 17.0. The molecule has 1 aromatic carbocycles. The lowest BCUT2D eigenvalue weighted by atomic mass is 9.93. The van der Waals surface area contributed by atoms with Gasteiger partial charge >= 0.3 is 5.97 Å². The molecule has 0 bridgehead atoms. The summed E-state index contributed by atoms with van der Waals surface area (Å²) in [6.07, 6.45) is 1.46. The molecular formula is C19H15BrCl2FN3O2. The van der Waals surface area contributed by atoms with E-state index in [2.05, 4.69) is 25.9 Å². The summed E-state index contributed by atoms with van der Waals surface area (Å²) in [4.78, 5) is 22.3. The van der Waals surface area contributed by atoms with Gasteiger partial charge in [-0.05, 0) is 36.8 Å². The molecule has 0 saturated carbocycles. The van der Waals surface area contributed by atoms with Crippen LogP contribution in [0.3, 0.4) is 0 Å². The number of rotatable bonds is 5. The molecule has 1 aliphatic heterocycles. The minimum absolute atomic E-state index is 0.0438. The zero-order chi connectivity index (χ0) is 20.4. The lowest BCUT2D eigenvalue weighted by Gasteiger charge is -2.38. The first kappa shape index (κ1) is 20.8. The zero-order valence-corrected chi connectivity index (χ0v) is 17.8. The average Bonchev–Trinajstić information content (AvgIpc) is 2.66. The molecule has 0 aliphatic carbocycles. The molecule has 0 fully saturated rings. The quantitative estimate of drug-likeness (QED) is 0.598. The molecule has 3 rings (SSSR count). The van der Waals surface area contributed by atoms with Crippen LogP contribution in [0.1, 0.15) is 24.2 Å². The Morgan fingerprint density at radius 3 is 2.68 bits per heavy atom. The van der Waals surface area contributed by atoms with Crippen LogP contribution in [0.2, 0.25) is 10.0 Å². The van der Waals surface area contributed by atoms with Crippen molar-refractivity contribution in [2.45, 2.75) is 13.0 Å². The van der Waals surface area contributed by atoms with Crippen LogP contribution in [0.5, 0.6) is 0 Å². The molecule has 0 amide bonds.